The van der Waals surface area contributed by atoms with E-state index >= 15 is 0 Å². The van der Waals surface area contributed by atoms with E-state index in [1.54, 1.807) is 13.1 Å². The number of fused-ring (bicyclic) bond motifs is 1. The average molecular weight is 240 g/mol. The maximum absolute atomic E-state index is 11.4. The van der Waals surface area contributed by atoms with E-state index in [1.165, 1.54) is 4.57 Å². The molecule has 0 bridgehead atoms. The number of halogens is 1. The maximum atomic E-state index is 11.4. The predicted molar refractivity (Wildman–Crippen MR) is 65.9 cm³/mol. The lowest BCUT2D eigenvalue weighted by Gasteiger charge is -2.07. The Morgan fingerprint density at radius 2 is 2.25 bits per heavy atom. The lowest BCUT2D eigenvalue weighted by atomic mass is 10.1. The molecule has 0 aliphatic heterocycles. The molecule has 0 fully saturated rings. The van der Waals surface area contributed by atoms with Crippen molar-refractivity contribution < 1.29 is 0 Å². The molecular formula is C11H14ClN3O. The summed E-state index contributed by atoms with van der Waals surface area (Å²) in [4.78, 5) is 14.2. The number of hydrogen-bond donors (Lipinski definition) is 2. The monoisotopic (exact) mass is 239 g/mol. The number of aryl methyl sites for hydroxylation is 1. The van der Waals surface area contributed by atoms with E-state index in [2.05, 4.69) is 4.98 Å². The minimum absolute atomic E-state index is 0.0467. The van der Waals surface area contributed by atoms with Gasteiger partial charge >= 0.3 is 5.69 Å². The molecule has 1 heterocycles. The molecule has 0 radical (unpaired) electrons. The number of hydrogen-bond acceptors (Lipinski definition) is 2. The fourth-order valence-electron chi connectivity index (χ4n) is 1.80. The van der Waals surface area contributed by atoms with Crippen LogP contribution in [0.5, 0.6) is 0 Å². The van der Waals surface area contributed by atoms with Gasteiger partial charge in [0.15, 0.2) is 0 Å². The quantitative estimate of drug-likeness (QED) is 0.832. The fourth-order valence-corrected chi connectivity index (χ4v) is 2.03. The molecule has 4 nitrogen and oxygen atoms in total. The van der Waals surface area contributed by atoms with Crippen molar-refractivity contribution in [3.63, 3.8) is 0 Å². The third-order valence-electron chi connectivity index (χ3n) is 2.61. The number of nitrogens with one attached hydrogen (secondary N) is 1. The normalized spacial score (nSPS) is 13.2. The molecule has 0 saturated carbocycles. The number of aromatic amines is 1. The summed E-state index contributed by atoms with van der Waals surface area (Å²) in [6.07, 6.45) is 0.700. The topological polar surface area (TPSA) is 63.8 Å². The summed E-state index contributed by atoms with van der Waals surface area (Å²) in [5.74, 6) is 0. The van der Waals surface area contributed by atoms with E-state index in [0.29, 0.717) is 11.4 Å². The van der Waals surface area contributed by atoms with Gasteiger partial charge in [-0.3, -0.25) is 4.57 Å². The largest absolute Gasteiger partial charge is 0.328 e. The number of nitrogens with two attached hydrogens (primary N) is 1. The molecule has 1 aromatic heterocycles. The lowest BCUT2D eigenvalue weighted by Crippen LogP contribution is -2.17. The SMILES string of the molecule is CC(N)Cc1cc2[nH]c(=O)n(C)c2cc1Cl. The summed E-state index contributed by atoms with van der Waals surface area (Å²) in [7, 11) is 1.71. The van der Waals surface area contributed by atoms with Gasteiger partial charge in [0.25, 0.3) is 0 Å². The molecule has 1 unspecified atom stereocenters. The highest BCUT2D eigenvalue weighted by molar-refractivity contribution is 6.32. The van der Waals surface area contributed by atoms with Gasteiger partial charge in [-0.15, -0.1) is 0 Å². The summed E-state index contributed by atoms with van der Waals surface area (Å²) in [5, 5.41) is 0.652. The Morgan fingerprint density at radius 1 is 1.56 bits per heavy atom. The molecule has 2 rings (SSSR count). The van der Waals surface area contributed by atoms with E-state index in [1.807, 2.05) is 13.0 Å². The number of benzene rings is 1. The van der Waals surface area contributed by atoms with Gasteiger partial charge in [-0.2, -0.15) is 0 Å². The van der Waals surface area contributed by atoms with Gasteiger partial charge in [0, 0.05) is 18.1 Å². The number of H-pyrrole nitrogens is 1. The van der Waals surface area contributed by atoms with Crippen molar-refractivity contribution in [2.45, 2.75) is 19.4 Å². The van der Waals surface area contributed by atoms with Crippen molar-refractivity contribution in [1.82, 2.24) is 9.55 Å². The molecule has 16 heavy (non-hydrogen) atoms. The van der Waals surface area contributed by atoms with Crippen LogP contribution in [-0.2, 0) is 13.5 Å². The summed E-state index contributed by atoms with van der Waals surface area (Å²) in [6, 6.07) is 3.74. The van der Waals surface area contributed by atoms with Crippen LogP contribution >= 0.6 is 11.6 Å². The average Bonchev–Trinajstić information content (AvgIpc) is 2.44. The van der Waals surface area contributed by atoms with E-state index in [9.17, 15) is 4.79 Å². The van der Waals surface area contributed by atoms with Crippen molar-refractivity contribution in [3.05, 3.63) is 33.2 Å². The first-order chi connectivity index (χ1) is 7.49. The molecule has 5 heteroatoms. The third-order valence-corrected chi connectivity index (χ3v) is 2.97. The number of rotatable bonds is 2. The molecule has 0 aliphatic rings. The van der Waals surface area contributed by atoms with Crippen LogP contribution in [0.2, 0.25) is 5.02 Å². The molecule has 0 saturated heterocycles. The number of aromatic nitrogens is 2. The maximum Gasteiger partial charge on any atom is 0.326 e. The summed E-state index contributed by atoms with van der Waals surface area (Å²) >= 11 is 6.14. The Bertz CT molecular complexity index is 583. The Kier molecular flexibility index (Phi) is 2.78. The van der Waals surface area contributed by atoms with Crippen LogP contribution in [0.4, 0.5) is 0 Å². The Morgan fingerprint density at radius 3 is 2.88 bits per heavy atom. The smallest absolute Gasteiger partial charge is 0.326 e. The molecule has 0 spiro atoms. The molecule has 1 aromatic carbocycles. The predicted octanol–water partition coefficient (Wildman–Crippen LogP) is 1.41. The molecule has 1 atom stereocenters. The van der Waals surface area contributed by atoms with E-state index in [-0.39, 0.29) is 11.7 Å². The lowest BCUT2D eigenvalue weighted by molar-refractivity contribution is 0.739. The van der Waals surface area contributed by atoms with E-state index in [4.69, 9.17) is 17.3 Å². The molecule has 0 amide bonds. The number of nitrogens with zero attached hydrogens (tertiary/aromatic N) is 1. The van der Waals surface area contributed by atoms with Gasteiger partial charge in [-0.1, -0.05) is 11.6 Å². The van der Waals surface area contributed by atoms with Gasteiger partial charge in [-0.25, -0.2) is 4.79 Å². The fraction of sp³-hybridized carbons (Fsp3) is 0.364. The Labute approximate surface area is 98.0 Å². The summed E-state index contributed by atoms with van der Waals surface area (Å²) in [6.45, 7) is 1.92. The zero-order valence-electron chi connectivity index (χ0n) is 9.25. The van der Waals surface area contributed by atoms with Gasteiger partial charge < -0.3 is 10.7 Å². The van der Waals surface area contributed by atoms with Crippen LogP contribution in [0.25, 0.3) is 11.0 Å². The number of imidazole rings is 1. The van der Waals surface area contributed by atoms with E-state index < -0.39 is 0 Å². The van der Waals surface area contributed by atoms with Crippen LogP contribution in [-0.4, -0.2) is 15.6 Å². The van der Waals surface area contributed by atoms with Gasteiger partial charge in [0.05, 0.1) is 11.0 Å². The van der Waals surface area contributed by atoms with Crippen molar-refractivity contribution in [2.24, 2.45) is 12.8 Å². The van der Waals surface area contributed by atoms with Crippen LogP contribution in [0.15, 0.2) is 16.9 Å². The first-order valence-electron chi connectivity index (χ1n) is 5.11. The second-order valence-corrected chi connectivity index (χ2v) is 4.54. The standard InChI is InChI=1S/C11H14ClN3O/c1-6(13)3-7-4-9-10(5-8(7)12)15(2)11(16)14-9/h4-6H,3,13H2,1-2H3,(H,14,16). The van der Waals surface area contributed by atoms with Crippen molar-refractivity contribution in [1.29, 1.82) is 0 Å². The molecule has 0 aliphatic carbocycles. The second kappa shape index (κ2) is 3.96. The minimum Gasteiger partial charge on any atom is -0.328 e. The zero-order chi connectivity index (χ0) is 11.9. The van der Waals surface area contributed by atoms with Gasteiger partial charge in [0.2, 0.25) is 0 Å². The first-order valence-corrected chi connectivity index (χ1v) is 5.49. The van der Waals surface area contributed by atoms with Crippen LogP contribution in [0.3, 0.4) is 0 Å². The first kappa shape index (κ1) is 11.2. The van der Waals surface area contributed by atoms with Crippen LogP contribution in [0, 0.1) is 0 Å². The molecule has 86 valence electrons. The zero-order valence-corrected chi connectivity index (χ0v) is 10.0. The van der Waals surface area contributed by atoms with Crippen LogP contribution in [0.1, 0.15) is 12.5 Å². The Balaban J connectivity index is 2.63. The van der Waals surface area contributed by atoms with Gasteiger partial charge in [-0.05, 0) is 31.0 Å². The molecule has 3 N–H and O–H groups in total. The van der Waals surface area contributed by atoms with Crippen molar-refractivity contribution >= 4 is 22.6 Å². The highest BCUT2D eigenvalue weighted by Gasteiger charge is 2.09. The second-order valence-electron chi connectivity index (χ2n) is 4.13. The van der Waals surface area contributed by atoms with Crippen molar-refractivity contribution in [2.75, 3.05) is 0 Å². The van der Waals surface area contributed by atoms with E-state index in [0.717, 1.165) is 16.6 Å². The molecule has 2 aromatic rings. The summed E-state index contributed by atoms with van der Waals surface area (Å²) < 4.78 is 1.54. The highest BCUT2D eigenvalue weighted by atomic mass is 35.5. The Hall–Kier alpha value is -1.26. The highest BCUT2D eigenvalue weighted by Crippen LogP contribution is 2.22. The minimum atomic E-state index is -0.135. The van der Waals surface area contributed by atoms with Gasteiger partial charge in [0.1, 0.15) is 0 Å². The summed E-state index contributed by atoms with van der Waals surface area (Å²) in [5.41, 5.74) is 8.17. The molecular weight excluding hydrogens is 226 g/mol. The van der Waals surface area contributed by atoms with Crippen LogP contribution < -0.4 is 11.4 Å². The van der Waals surface area contributed by atoms with Crippen molar-refractivity contribution in [3.8, 4) is 0 Å². The third kappa shape index (κ3) is 1.86.